The third-order valence-corrected chi connectivity index (χ3v) is 3.99. The predicted octanol–water partition coefficient (Wildman–Crippen LogP) is 5.08. The van der Waals surface area contributed by atoms with E-state index in [0.717, 1.165) is 17.7 Å². The summed E-state index contributed by atoms with van der Waals surface area (Å²) >= 11 is 0. The second kappa shape index (κ2) is 8.04. The molecule has 0 saturated heterocycles. The molecule has 0 spiro atoms. The molecule has 0 heterocycles. The Morgan fingerprint density at radius 1 is 0.857 bits per heavy atom. The van der Waals surface area contributed by atoms with Gasteiger partial charge in [0.05, 0.1) is 15.9 Å². The summed E-state index contributed by atoms with van der Waals surface area (Å²) in [5.74, 6) is 0.00787. The second-order valence-corrected chi connectivity index (χ2v) is 5.77. The molecule has 1 unspecified atom stereocenters. The Hall–Kier alpha value is -4.14. The number of para-hydroxylation sites is 1. The van der Waals surface area contributed by atoms with Gasteiger partial charge in [0.1, 0.15) is 11.8 Å². The molecule has 3 rings (SSSR count). The molecule has 140 valence electrons. The zero-order chi connectivity index (χ0) is 20.1. The molecule has 0 aliphatic heterocycles. The molecule has 3 aromatic rings. The zero-order valence-corrected chi connectivity index (χ0v) is 14.4. The summed E-state index contributed by atoms with van der Waals surface area (Å²) in [6, 6.07) is 18.0. The first-order valence-electron chi connectivity index (χ1n) is 8.14. The molecular formula is C19H14N4O5. The molecule has 0 aliphatic carbocycles. The van der Waals surface area contributed by atoms with E-state index in [1.165, 1.54) is 12.1 Å². The van der Waals surface area contributed by atoms with Gasteiger partial charge in [-0.1, -0.05) is 48.5 Å². The van der Waals surface area contributed by atoms with Crippen LogP contribution >= 0.6 is 0 Å². The molecule has 0 aliphatic rings. The lowest BCUT2D eigenvalue weighted by Gasteiger charge is -2.13. The Bertz CT molecular complexity index is 1050. The fourth-order valence-electron chi connectivity index (χ4n) is 2.64. The average Bonchev–Trinajstić information content (AvgIpc) is 2.70. The number of azo groups is 1. The Balaban J connectivity index is 2.07. The van der Waals surface area contributed by atoms with Gasteiger partial charge in [0.2, 0.25) is 0 Å². The van der Waals surface area contributed by atoms with Crippen molar-refractivity contribution in [3.8, 4) is 5.75 Å². The molecule has 9 heteroatoms. The lowest BCUT2D eigenvalue weighted by atomic mass is 9.99. The standard InChI is InChI=1S/C19H14N4O5/c24-18-9-5-4-8-15(18)19(13-6-2-1-3-7-13)21-20-16-11-10-14(22(25)26)12-17(16)23(27)28/h1-12,19,24H. The number of aromatic hydroxyl groups is 1. The van der Waals surface area contributed by atoms with E-state index < -0.39 is 27.3 Å². The highest BCUT2D eigenvalue weighted by atomic mass is 16.6. The maximum absolute atomic E-state index is 11.3. The first-order valence-corrected chi connectivity index (χ1v) is 8.14. The van der Waals surface area contributed by atoms with E-state index in [4.69, 9.17) is 0 Å². The van der Waals surface area contributed by atoms with Crippen molar-refractivity contribution in [2.45, 2.75) is 6.04 Å². The third-order valence-electron chi connectivity index (χ3n) is 3.99. The predicted molar refractivity (Wildman–Crippen MR) is 101 cm³/mol. The van der Waals surface area contributed by atoms with Crippen molar-refractivity contribution in [1.29, 1.82) is 0 Å². The number of non-ortho nitro benzene ring substituents is 1. The van der Waals surface area contributed by atoms with Crippen molar-refractivity contribution in [3.05, 3.63) is 104 Å². The van der Waals surface area contributed by atoms with E-state index in [-0.39, 0.29) is 11.4 Å². The molecule has 0 bridgehead atoms. The van der Waals surface area contributed by atoms with Crippen LogP contribution in [0.25, 0.3) is 0 Å². The lowest BCUT2D eigenvalue weighted by Crippen LogP contribution is -1.98. The fourth-order valence-corrected chi connectivity index (χ4v) is 2.64. The number of hydrogen-bond donors (Lipinski definition) is 1. The fraction of sp³-hybridized carbons (Fsp3) is 0.0526. The summed E-state index contributed by atoms with van der Waals surface area (Å²) in [5.41, 5.74) is 0.138. The number of phenolic OH excluding ortho intramolecular Hbond substituents is 1. The third kappa shape index (κ3) is 3.98. The van der Waals surface area contributed by atoms with Gasteiger partial charge in [-0.25, -0.2) is 0 Å². The van der Waals surface area contributed by atoms with E-state index in [9.17, 15) is 25.3 Å². The number of rotatable bonds is 6. The molecule has 0 aromatic heterocycles. The molecule has 0 saturated carbocycles. The number of nitro groups is 2. The van der Waals surface area contributed by atoms with E-state index in [1.807, 2.05) is 6.07 Å². The van der Waals surface area contributed by atoms with Gasteiger partial charge < -0.3 is 5.11 Å². The van der Waals surface area contributed by atoms with E-state index >= 15 is 0 Å². The monoisotopic (exact) mass is 378 g/mol. The van der Waals surface area contributed by atoms with Crippen molar-refractivity contribution >= 4 is 17.1 Å². The van der Waals surface area contributed by atoms with Gasteiger partial charge in [0, 0.05) is 11.6 Å². The van der Waals surface area contributed by atoms with Gasteiger partial charge in [-0.05, 0) is 17.7 Å². The summed E-state index contributed by atoms with van der Waals surface area (Å²) < 4.78 is 0. The van der Waals surface area contributed by atoms with Crippen LogP contribution in [0.2, 0.25) is 0 Å². The van der Waals surface area contributed by atoms with Gasteiger partial charge in [0.15, 0.2) is 5.69 Å². The normalized spacial score (nSPS) is 12.0. The zero-order valence-electron chi connectivity index (χ0n) is 14.4. The highest BCUT2D eigenvalue weighted by Crippen LogP contribution is 2.36. The molecule has 9 nitrogen and oxygen atoms in total. The topological polar surface area (TPSA) is 131 Å². The molecule has 28 heavy (non-hydrogen) atoms. The number of nitrogens with zero attached hydrogens (tertiary/aromatic N) is 4. The quantitative estimate of drug-likeness (QED) is 0.363. The number of benzene rings is 3. The van der Waals surface area contributed by atoms with Crippen LogP contribution in [0.5, 0.6) is 5.75 Å². The van der Waals surface area contributed by atoms with Crippen LogP contribution in [-0.4, -0.2) is 15.0 Å². The first-order chi connectivity index (χ1) is 13.5. The number of phenols is 1. The first kappa shape index (κ1) is 18.6. The highest BCUT2D eigenvalue weighted by molar-refractivity contribution is 5.61. The van der Waals surface area contributed by atoms with Crippen molar-refractivity contribution in [1.82, 2.24) is 0 Å². The van der Waals surface area contributed by atoms with E-state index in [2.05, 4.69) is 10.2 Å². The number of nitro benzene ring substituents is 2. The van der Waals surface area contributed by atoms with Gasteiger partial charge in [-0.2, -0.15) is 5.11 Å². The van der Waals surface area contributed by atoms with Gasteiger partial charge in [-0.15, -0.1) is 5.11 Å². The van der Waals surface area contributed by atoms with Crippen LogP contribution in [0, 0.1) is 20.2 Å². The summed E-state index contributed by atoms with van der Waals surface area (Å²) in [5, 5.41) is 40.5. The Kier molecular flexibility index (Phi) is 5.35. The molecule has 1 N–H and O–H groups in total. The molecule has 1 atom stereocenters. The summed E-state index contributed by atoms with van der Waals surface area (Å²) in [4.78, 5) is 20.7. The van der Waals surface area contributed by atoms with E-state index in [1.54, 1.807) is 42.5 Å². The Labute approximate surface area is 158 Å². The van der Waals surface area contributed by atoms with Crippen molar-refractivity contribution in [2.24, 2.45) is 10.2 Å². The molecule has 0 fully saturated rings. The largest absolute Gasteiger partial charge is 0.508 e. The maximum Gasteiger partial charge on any atom is 0.303 e. The summed E-state index contributed by atoms with van der Waals surface area (Å²) in [7, 11) is 0. The van der Waals surface area contributed by atoms with Crippen LogP contribution in [0.1, 0.15) is 17.2 Å². The Morgan fingerprint density at radius 3 is 2.18 bits per heavy atom. The van der Waals surface area contributed by atoms with Crippen LogP contribution in [0.15, 0.2) is 83.0 Å². The van der Waals surface area contributed by atoms with Gasteiger partial charge in [0.25, 0.3) is 5.69 Å². The maximum atomic E-state index is 11.3. The number of hydrogen-bond acceptors (Lipinski definition) is 7. The van der Waals surface area contributed by atoms with Gasteiger partial charge >= 0.3 is 5.69 Å². The molecular weight excluding hydrogens is 364 g/mol. The van der Waals surface area contributed by atoms with Crippen LogP contribution < -0.4 is 0 Å². The molecule has 3 aromatic carbocycles. The van der Waals surface area contributed by atoms with Gasteiger partial charge in [-0.3, -0.25) is 20.2 Å². The van der Waals surface area contributed by atoms with Crippen molar-refractivity contribution in [3.63, 3.8) is 0 Å². The SMILES string of the molecule is O=[N+]([O-])c1ccc(N=NC(c2ccccc2)c2ccccc2O)c([N+](=O)[O-])c1. The molecule has 0 radical (unpaired) electrons. The van der Waals surface area contributed by atoms with Crippen LogP contribution in [-0.2, 0) is 0 Å². The molecule has 0 amide bonds. The summed E-state index contributed by atoms with van der Waals surface area (Å²) in [6.45, 7) is 0. The summed E-state index contributed by atoms with van der Waals surface area (Å²) in [6.07, 6.45) is 0. The minimum Gasteiger partial charge on any atom is -0.508 e. The van der Waals surface area contributed by atoms with Crippen molar-refractivity contribution < 1.29 is 15.0 Å². The van der Waals surface area contributed by atoms with Crippen molar-refractivity contribution in [2.75, 3.05) is 0 Å². The lowest BCUT2D eigenvalue weighted by molar-refractivity contribution is -0.393. The van der Waals surface area contributed by atoms with Crippen LogP contribution in [0.4, 0.5) is 17.1 Å². The average molecular weight is 378 g/mol. The van der Waals surface area contributed by atoms with E-state index in [0.29, 0.717) is 5.56 Å². The minimum atomic E-state index is -0.751. The minimum absolute atomic E-state index is 0.00787. The van der Waals surface area contributed by atoms with Crippen LogP contribution in [0.3, 0.4) is 0 Å². The smallest absolute Gasteiger partial charge is 0.303 e. The second-order valence-electron chi connectivity index (χ2n) is 5.77. The highest BCUT2D eigenvalue weighted by Gasteiger charge is 2.21. The Morgan fingerprint density at radius 2 is 1.54 bits per heavy atom.